The van der Waals surface area contributed by atoms with Crippen LogP contribution in [-0.2, 0) is 17.1 Å². The molecule has 9 heteroatoms. The molecule has 4 aromatic rings. The second-order valence-corrected chi connectivity index (χ2v) is 8.74. The number of carbonyl (C=O) groups is 1. The van der Waals surface area contributed by atoms with E-state index in [2.05, 4.69) is 20.3 Å². The Morgan fingerprint density at radius 1 is 1.25 bits per heavy atom. The summed E-state index contributed by atoms with van der Waals surface area (Å²) in [5.74, 6) is 1.29. The van der Waals surface area contributed by atoms with E-state index in [-0.39, 0.29) is 11.5 Å². The highest BCUT2D eigenvalue weighted by atomic mass is 32.2. The minimum absolute atomic E-state index is 0.0617. The van der Waals surface area contributed by atoms with Gasteiger partial charge in [0, 0.05) is 34.8 Å². The fraction of sp³-hybridized carbons (Fsp3) is 0.158. The normalized spacial score (nSPS) is 11.0. The molecule has 0 fully saturated rings. The number of nitrogens with zero attached hydrogens (tertiary/aromatic N) is 2. The number of hydrogen-bond donors (Lipinski definition) is 2. The summed E-state index contributed by atoms with van der Waals surface area (Å²) in [7, 11) is 0. The molecule has 28 heavy (non-hydrogen) atoms. The van der Waals surface area contributed by atoms with Gasteiger partial charge in [-0.15, -0.1) is 34.4 Å². The van der Waals surface area contributed by atoms with Gasteiger partial charge < -0.3 is 10.3 Å². The molecule has 142 valence electrons. The predicted molar refractivity (Wildman–Crippen MR) is 116 cm³/mol. The van der Waals surface area contributed by atoms with Crippen LogP contribution in [0.15, 0.2) is 52.2 Å². The van der Waals surface area contributed by atoms with E-state index >= 15 is 0 Å². The summed E-state index contributed by atoms with van der Waals surface area (Å²) in [6.45, 7) is 0.453. The maximum atomic E-state index is 12.6. The van der Waals surface area contributed by atoms with Crippen molar-refractivity contribution in [2.45, 2.75) is 12.3 Å². The van der Waals surface area contributed by atoms with Gasteiger partial charge in [-0.3, -0.25) is 14.6 Å². The molecule has 4 rings (SSSR count). The smallest absolute Gasteiger partial charge is 0.260 e. The van der Waals surface area contributed by atoms with E-state index in [0.29, 0.717) is 29.3 Å². The third-order valence-corrected chi connectivity index (χ3v) is 6.68. The van der Waals surface area contributed by atoms with Crippen molar-refractivity contribution < 1.29 is 4.79 Å². The van der Waals surface area contributed by atoms with Crippen molar-refractivity contribution in [1.29, 1.82) is 0 Å². The molecule has 0 aliphatic carbocycles. The van der Waals surface area contributed by atoms with Crippen LogP contribution in [0.2, 0.25) is 0 Å². The van der Waals surface area contributed by atoms with Crippen LogP contribution in [0.25, 0.3) is 20.7 Å². The number of nitrogens with one attached hydrogen (secondary N) is 2. The molecule has 0 radical (unpaired) electrons. The average molecular weight is 429 g/mol. The molecule has 0 atom stereocenters. The molecule has 2 N–H and O–H groups in total. The van der Waals surface area contributed by atoms with Crippen molar-refractivity contribution >= 4 is 50.6 Å². The Morgan fingerprint density at radius 3 is 2.96 bits per heavy atom. The van der Waals surface area contributed by atoms with Crippen molar-refractivity contribution in [2.24, 2.45) is 0 Å². The van der Waals surface area contributed by atoms with Gasteiger partial charge in [-0.2, -0.15) is 0 Å². The molecule has 6 nitrogen and oxygen atoms in total. The summed E-state index contributed by atoms with van der Waals surface area (Å²) in [4.78, 5) is 37.8. The largest absolute Gasteiger partial charge is 0.351 e. The van der Waals surface area contributed by atoms with Crippen molar-refractivity contribution in [2.75, 3.05) is 5.75 Å². The lowest BCUT2D eigenvalue weighted by Crippen LogP contribution is -2.24. The van der Waals surface area contributed by atoms with Gasteiger partial charge in [-0.25, -0.2) is 4.98 Å². The SMILES string of the molecule is O=C(CSCc1nc2scc(-c3cccs3)c2c(=O)[nH]1)NCc1cccnc1. The molecule has 4 heterocycles. The lowest BCUT2D eigenvalue weighted by Gasteiger charge is -2.05. The number of rotatable bonds is 7. The minimum Gasteiger partial charge on any atom is -0.351 e. The molecule has 0 aliphatic heterocycles. The number of carbonyl (C=O) groups excluding carboxylic acids is 1. The minimum atomic E-state index is -0.133. The lowest BCUT2D eigenvalue weighted by molar-refractivity contribution is -0.118. The zero-order valence-electron chi connectivity index (χ0n) is 14.7. The van der Waals surface area contributed by atoms with Crippen molar-refractivity contribution in [3.63, 3.8) is 0 Å². The summed E-state index contributed by atoms with van der Waals surface area (Å²) in [5, 5.41) is 7.46. The topological polar surface area (TPSA) is 87.7 Å². The number of fused-ring (bicyclic) bond motifs is 1. The van der Waals surface area contributed by atoms with E-state index in [1.165, 1.54) is 23.1 Å². The molecule has 4 aromatic heterocycles. The predicted octanol–water partition coefficient (Wildman–Crippen LogP) is 3.66. The molecule has 1 amide bonds. The van der Waals surface area contributed by atoms with E-state index in [1.54, 1.807) is 23.7 Å². The Balaban J connectivity index is 1.36. The van der Waals surface area contributed by atoms with Gasteiger partial charge in [0.25, 0.3) is 5.56 Å². The van der Waals surface area contributed by atoms with Crippen LogP contribution in [0.4, 0.5) is 0 Å². The van der Waals surface area contributed by atoms with E-state index in [1.807, 2.05) is 35.0 Å². The molecular weight excluding hydrogens is 412 g/mol. The fourth-order valence-electron chi connectivity index (χ4n) is 2.67. The van der Waals surface area contributed by atoms with Crippen LogP contribution in [0.1, 0.15) is 11.4 Å². The first-order chi connectivity index (χ1) is 13.7. The maximum Gasteiger partial charge on any atom is 0.260 e. The first kappa shape index (κ1) is 18.9. The molecule has 0 saturated carbocycles. The van der Waals surface area contributed by atoms with E-state index < -0.39 is 0 Å². The average Bonchev–Trinajstić information content (AvgIpc) is 3.37. The number of thiophene rings is 2. The van der Waals surface area contributed by atoms with Gasteiger partial charge in [0.15, 0.2) is 0 Å². The van der Waals surface area contributed by atoms with Crippen LogP contribution in [0.3, 0.4) is 0 Å². The molecule has 0 spiro atoms. The summed E-state index contributed by atoms with van der Waals surface area (Å²) in [5.41, 5.74) is 1.75. The Morgan fingerprint density at radius 2 is 2.18 bits per heavy atom. The lowest BCUT2D eigenvalue weighted by atomic mass is 10.2. The number of aromatic nitrogens is 3. The van der Waals surface area contributed by atoms with Crippen LogP contribution in [0, 0.1) is 0 Å². The van der Waals surface area contributed by atoms with Crippen molar-refractivity contribution in [3.05, 3.63) is 69.2 Å². The summed E-state index contributed by atoms with van der Waals surface area (Å²) < 4.78 is 0. The zero-order chi connectivity index (χ0) is 19.3. The van der Waals surface area contributed by atoms with Gasteiger partial charge in [0.05, 0.1) is 16.9 Å². The Labute approximate surface area is 173 Å². The summed E-state index contributed by atoms with van der Waals surface area (Å²) in [6, 6.07) is 7.72. The van der Waals surface area contributed by atoms with Gasteiger partial charge in [-0.05, 0) is 23.1 Å². The number of pyridine rings is 1. The first-order valence-electron chi connectivity index (χ1n) is 8.48. The summed E-state index contributed by atoms with van der Waals surface area (Å²) >= 11 is 4.49. The summed E-state index contributed by atoms with van der Waals surface area (Å²) in [6.07, 6.45) is 3.42. The van der Waals surface area contributed by atoms with Gasteiger partial charge in [0.2, 0.25) is 5.91 Å². The zero-order valence-corrected chi connectivity index (χ0v) is 17.1. The third-order valence-electron chi connectivity index (χ3n) is 3.96. The quantitative estimate of drug-likeness (QED) is 0.469. The fourth-order valence-corrected chi connectivity index (χ4v) is 5.17. The standard InChI is InChI=1S/C19H16N4O2S3/c24-16(21-8-12-3-1-5-20-7-12)11-26-10-15-22-18(25)17-13(9-28-19(17)23-15)14-4-2-6-27-14/h1-7,9H,8,10-11H2,(H,21,24)(H,22,23,25). The first-order valence-corrected chi connectivity index (χ1v) is 11.4. The van der Waals surface area contributed by atoms with Gasteiger partial charge >= 0.3 is 0 Å². The molecule has 0 unspecified atom stereocenters. The van der Waals surface area contributed by atoms with Crippen LogP contribution >= 0.6 is 34.4 Å². The molecule has 0 aromatic carbocycles. The van der Waals surface area contributed by atoms with Crippen LogP contribution < -0.4 is 10.9 Å². The van der Waals surface area contributed by atoms with Crippen LogP contribution in [-0.4, -0.2) is 26.6 Å². The second kappa shape index (κ2) is 8.68. The highest BCUT2D eigenvalue weighted by Crippen LogP contribution is 2.33. The second-order valence-electron chi connectivity index (χ2n) is 5.95. The number of hydrogen-bond acceptors (Lipinski definition) is 7. The number of amides is 1. The molecule has 0 aliphatic rings. The maximum absolute atomic E-state index is 12.6. The number of aromatic amines is 1. The number of H-pyrrole nitrogens is 1. The van der Waals surface area contributed by atoms with E-state index in [4.69, 9.17) is 0 Å². The molecule has 0 saturated heterocycles. The monoisotopic (exact) mass is 428 g/mol. The van der Waals surface area contributed by atoms with Crippen molar-refractivity contribution in [1.82, 2.24) is 20.3 Å². The number of thioether (sulfide) groups is 1. The van der Waals surface area contributed by atoms with E-state index in [0.717, 1.165) is 20.8 Å². The van der Waals surface area contributed by atoms with Crippen LogP contribution in [0.5, 0.6) is 0 Å². The Hall–Kier alpha value is -2.49. The highest BCUT2D eigenvalue weighted by Gasteiger charge is 2.13. The molecular formula is C19H16N4O2S3. The Kier molecular flexibility index (Phi) is 5.84. The third kappa shape index (κ3) is 4.32. The van der Waals surface area contributed by atoms with E-state index in [9.17, 15) is 9.59 Å². The Bertz CT molecular complexity index is 1140. The van der Waals surface area contributed by atoms with Crippen molar-refractivity contribution in [3.8, 4) is 10.4 Å². The highest BCUT2D eigenvalue weighted by molar-refractivity contribution is 7.99. The van der Waals surface area contributed by atoms with Gasteiger partial charge in [0.1, 0.15) is 10.7 Å². The van der Waals surface area contributed by atoms with Gasteiger partial charge in [-0.1, -0.05) is 12.1 Å². The molecule has 0 bridgehead atoms.